The topological polar surface area (TPSA) is 61.9 Å². The molecule has 1 aliphatic heterocycles. The van der Waals surface area contributed by atoms with Gasteiger partial charge in [-0.15, -0.1) is 11.3 Å². The minimum atomic E-state index is 0.0677. The molecular weight excluding hydrogens is 398 g/mol. The normalized spacial score (nSPS) is 18.2. The van der Waals surface area contributed by atoms with E-state index in [2.05, 4.69) is 29.3 Å². The third-order valence-corrected chi connectivity index (χ3v) is 7.17. The van der Waals surface area contributed by atoms with E-state index in [-0.39, 0.29) is 23.8 Å². The second-order valence-corrected chi connectivity index (χ2v) is 9.22. The number of amides is 2. The van der Waals surface area contributed by atoms with E-state index in [0.717, 1.165) is 47.1 Å². The van der Waals surface area contributed by atoms with Crippen LogP contribution in [0, 0.1) is 12.8 Å². The summed E-state index contributed by atoms with van der Waals surface area (Å²) in [6.07, 6.45) is 1.95. The Kier molecular flexibility index (Phi) is 6.11. The zero-order valence-electron chi connectivity index (χ0n) is 17.8. The summed E-state index contributed by atoms with van der Waals surface area (Å²) in [5, 5.41) is 3.74. The van der Waals surface area contributed by atoms with Gasteiger partial charge >= 0.3 is 0 Å². The van der Waals surface area contributed by atoms with E-state index < -0.39 is 0 Å². The highest BCUT2D eigenvalue weighted by molar-refractivity contribution is 7.18. The fourth-order valence-corrected chi connectivity index (χ4v) is 4.94. The van der Waals surface area contributed by atoms with Gasteiger partial charge in [-0.2, -0.15) is 0 Å². The minimum absolute atomic E-state index is 0.0677. The molecule has 0 bridgehead atoms. The summed E-state index contributed by atoms with van der Waals surface area (Å²) in [7, 11) is 1.68. The molecule has 1 aliphatic carbocycles. The Morgan fingerprint density at radius 1 is 1.17 bits per heavy atom. The first kappa shape index (κ1) is 20.9. The van der Waals surface area contributed by atoms with Crippen molar-refractivity contribution in [2.24, 2.45) is 5.92 Å². The average molecular weight is 428 g/mol. The van der Waals surface area contributed by atoms with Gasteiger partial charge in [0.25, 0.3) is 5.91 Å². The Morgan fingerprint density at radius 2 is 1.90 bits per heavy atom. The lowest BCUT2D eigenvalue weighted by atomic mass is 10.1. The van der Waals surface area contributed by atoms with Crippen molar-refractivity contribution in [3.8, 4) is 5.75 Å². The summed E-state index contributed by atoms with van der Waals surface area (Å²) in [5.41, 5.74) is 2.16. The lowest BCUT2D eigenvalue weighted by Gasteiger charge is -2.38. The molecule has 2 heterocycles. The Hall–Kier alpha value is -2.38. The van der Waals surface area contributed by atoms with Gasteiger partial charge in [-0.25, -0.2) is 0 Å². The SMILES string of the molecule is COc1cccc(C(C)N2CCN(C(=O)c3sc(NC(=O)C4CC4)cc3C)CC2)c1. The van der Waals surface area contributed by atoms with Gasteiger partial charge in [0.1, 0.15) is 5.75 Å². The zero-order valence-corrected chi connectivity index (χ0v) is 18.6. The van der Waals surface area contributed by atoms with Gasteiger partial charge < -0.3 is 15.0 Å². The van der Waals surface area contributed by atoms with Gasteiger partial charge in [0.15, 0.2) is 0 Å². The van der Waals surface area contributed by atoms with E-state index in [1.807, 2.05) is 30.0 Å². The molecule has 2 aliphatic rings. The highest BCUT2D eigenvalue weighted by Gasteiger charge is 2.31. The smallest absolute Gasteiger partial charge is 0.264 e. The van der Waals surface area contributed by atoms with Gasteiger partial charge in [-0.1, -0.05) is 12.1 Å². The standard InChI is InChI=1S/C23H29N3O3S/c1-15-13-20(24-22(27)17-7-8-17)30-21(15)23(28)26-11-9-25(10-12-26)16(2)18-5-4-6-19(14-18)29-3/h4-6,13-14,16-17H,7-12H2,1-3H3,(H,24,27). The van der Waals surface area contributed by atoms with Gasteiger partial charge in [-0.05, 0) is 56.0 Å². The highest BCUT2D eigenvalue weighted by Crippen LogP contribution is 2.33. The van der Waals surface area contributed by atoms with Crippen molar-refractivity contribution in [2.75, 3.05) is 38.6 Å². The number of methoxy groups -OCH3 is 1. The molecule has 1 N–H and O–H groups in total. The number of anilines is 1. The van der Waals surface area contributed by atoms with Gasteiger partial charge in [0.2, 0.25) is 5.91 Å². The molecule has 1 saturated heterocycles. The predicted octanol–water partition coefficient (Wildman–Crippen LogP) is 3.93. The van der Waals surface area contributed by atoms with Crippen LogP contribution in [0.3, 0.4) is 0 Å². The molecule has 1 unspecified atom stereocenters. The number of thiophene rings is 1. The Labute approximate surface area is 181 Å². The summed E-state index contributed by atoms with van der Waals surface area (Å²) in [6.45, 7) is 7.21. The van der Waals surface area contributed by atoms with Crippen molar-refractivity contribution in [3.63, 3.8) is 0 Å². The molecule has 2 aromatic rings. The average Bonchev–Trinajstić information content (AvgIpc) is 3.56. The quantitative estimate of drug-likeness (QED) is 0.759. The molecule has 2 fully saturated rings. The van der Waals surface area contributed by atoms with Crippen molar-refractivity contribution in [1.29, 1.82) is 0 Å². The minimum Gasteiger partial charge on any atom is -0.497 e. The summed E-state index contributed by atoms with van der Waals surface area (Å²) < 4.78 is 5.35. The fourth-order valence-electron chi connectivity index (χ4n) is 3.89. The van der Waals surface area contributed by atoms with E-state index in [4.69, 9.17) is 4.74 Å². The molecule has 1 atom stereocenters. The van der Waals surface area contributed by atoms with Crippen LogP contribution in [0.25, 0.3) is 0 Å². The maximum atomic E-state index is 13.1. The van der Waals surface area contributed by atoms with E-state index in [0.29, 0.717) is 13.1 Å². The lowest BCUT2D eigenvalue weighted by molar-refractivity contribution is -0.117. The summed E-state index contributed by atoms with van der Waals surface area (Å²) in [5.74, 6) is 1.17. The van der Waals surface area contributed by atoms with Crippen LogP contribution in [0.4, 0.5) is 5.00 Å². The number of carbonyl (C=O) groups excluding carboxylic acids is 2. The largest absolute Gasteiger partial charge is 0.497 e. The number of aryl methyl sites for hydroxylation is 1. The van der Waals surface area contributed by atoms with Crippen molar-refractivity contribution in [1.82, 2.24) is 9.80 Å². The van der Waals surface area contributed by atoms with Crippen LogP contribution in [0.2, 0.25) is 0 Å². The van der Waals surface area contributed by atoms with Gasteiger partial charge in [0, 0.05) is 38.1 Å². The first-order chi connectivity index (χ1) is 14.5. The molecule has 1 aromatic heterocycles. The van der Waals surface area contributed by atoms with Crippen LogP contribution in [-0.4, -0.2) is 54.9 Å². The summed E-state index contributed by atoms with van der Waals surface area (Å²) in [6, 6.07) is 10.4. The molecule has 1 saturated carbocycles. The van der Waals surface area contributed by atoms with E-state index in [9.17, 15) is 9.59 Å². The Balaban J connectivity index is 1.36. The molecule has 7 heteroatoms. The van der Waals surface area contributed by atoms with Crippen molar-refractivity contribution in [2.45, 2.75) is 32.7 Å². The van der Waals surface area contributed by atoms with Crippen LogP contribution < -0.4 is 10.1 Å². The maximum Gasteiger partial charge on any atom is 0.264 e. The number of rotatable bonds is 6. The number of nitrogens with one attached hydrogen (secondary N) is 1. The summed E-state index contributed by atoms with van der Waals surface area (Å²) >= 11 is 1.39. The second kappa shape index (κ2) is 8.78. The van der Waals surface area contributed by atoms with Crippen LogP contribution >= 0.6 is 11.3 Å². The van der Waals surface area contributed by atoms with Crippen LogP contribution in [0.15, 0.2) is 30.3 Å². The first-order valence-electron chi connectivity index (χ1n) is 10.5. The molecule has 4 rings (SSSR count). The number of benzene rings is 1. The Morgan fingerprint density at radius 3 is 2.57 bits per heavy atom. The third-order valence-electron chi connectivity index (χ3n) is 6.03. The predicted molar refractivity (Wildman–Crippen MR) is 119 cm³/mol. The van der Waals surface area contributed by atoms with Crippen molar-refractivity contribution >= 4 is 28.2 Å². The van der Waals surface area contributed by atoms with Crippen molar-refractivity contribution < 1.29 is 14.3 Å². The fraction of sp³-hybridized carbons (Fsp3) is 0.478. The highest BCUT2D eigenvalue weighted by atomic mass is 32.1. The number of piperazine rings is 1. The second-order valence-electron chi connectivity index (χ2n) is 8.17. The maximum absolute atomic E-state index is 13.1. The number of carbonyl (C=O) groups is 2. The third kappa shape index (κ3) is 4.52. The number of ether oxygens (including phenoxy) is 1. The first-order valence-corrected chi connectivity index (χ1v) is 11.4. The monoisotopic (exact) mass is 427 g/mol. The number of hydrogen-bond donors (Lipinski definition) is 1. The van der Waals surface area contributed by atoms with Gasteiger partial charge in [-0.3, -0.25) is 14.5 Å². The van der Waals surface area contributed by atoms with E-state index >= 15 is 0 Å². The van der Waals surface area contributed by atoms with Crippen LogP contribution in [-0.2, 0) is 4.79 Å². The molecule has 0 spiro atoms. The number of nitrogens with zero attached hydrogens (tertiary/aromatic N) is 2. The van der Waals surface area contributed by atoms with Gasteiger partial charge in [0.05, 0.1) is 17.0 Å². The molecule has 0 radical (unpaired) electrons. The molecule has 160 valence electrons. The van der Waals surface area contributed by atoms with Crippen LogP contribution in [0.5, 0.6) is 5.75 Å². The lowest BCUT2D eigenvalue weighted by Crippen LogP contribution is -2.49. The molecule has 2 amide bonds. The zero-order chi connectivity index (χ0) is 21.3. The number of hydrogen-bond acceptors (Lipinski definition) is 5. The molecule has 1 aromatic carbocycles. The van der Waals surface area contributed by atoms with E-state index in [1.54, 1.807) is 7.11 Å². The molecular formula is C23H29N3O3S. The summed E-state index contributed by atoms with van der Waals surface area (Å²) in [4.78, 5) is 30.2. The molecule has 6 nitrogen and oxygen atoms in total. The Bertz CT molecular complexity index is 930. The molecule has 30 heavy (non-hydrogen) atoms. The van der Waals surface area contributed by atoms with Crippen LogP contribution in [0.1, 0.15) is 46.6 Å². The van der Waals surface area contributed by atoms with E-state index in [1.165, 1.54) is 16.9 Å². The van der Waals surface area contributed by atoms with Crippen molar-refractivity contribution in [3.05, 3.63) is 46.3 Å².